The number of nitrogens with zero attached hydrogens (tertiary/aromatic N) is 4. The highest BCUT2D eigenvalue weighted by atomic mass is 19.1. The molecule has 1 fully saturated rings. The van der Waals surface area contributed by atoms with Gasteiger partial charge in [0.15, 0.2) is 0 Å². The monoisotopic (exact) mass is 306 g/mol. The maximum Gasteiger partial charge on any atom is 0.340 e. The van der Waals surface area contributed by atoms with E-state index in [0.717, 1.165) is 6.07 Å². The van der Waals surface area contributed by atoms with Crippen LogP contribution < -0.4 is 4.90 Å². The largest absolute Gasteiger partial charge is 0.462 e. The van der Waals surface area contributed by atoms with Gasteiger partial charge < -0.3 is 9.64 Å². The first kappa shape index (κ1) is 15.8. The third-order valence-electron chi connectivity index (χ3n) is 3.35. The molecular formula is C14H15FN4O3. The number of azide groups is 1. The molecule has 1 heterocycles. The van der Waals surface area contributed by atoms with E-state index in [4.69, 9.17) is 10.3 Å². The maximum absolute atomic E-state index is 13.4. The van der Waals surface area contributed by atoms with E-state index < -0.39 is 11.8 Å². The van der Waals surface area contributed by atoms with Crippen molar-refractivity contribution in [3.8, 4) is 0 Å². The molecule has 0 N–H and O–H groups in total. The highest BCUT2D eigenvalue weighted by Crippen LogP contribution is 2.29. The minimum absolute atomic E-state index is 0.0136. The van der Waals surface area contributed by atoms with Crippen LogP contribution in [0.4, 0.5) is 10.1 Å². The number of esters is 1. The fourth-order valence-electron chi connectivity index (χ4n) is 2.40. The van der Waals surface area contributed by atoms with Crippen LogP contribution in [0.15, 0.2) is 23.3 Å². The third kappa shape index (κ3) is 3.35. The molecule has 22 heavy (non-hydrogen) atoms. The number of halogens is 1. The number of rotatable bonds is 5. The molecular weight excluding hydrogens is 291 g/mol. The van der Waals surface area contributed by atoms with Gasteiger partial charge in [0.1, 0.15) is 5.82 Å². The summed E-state index contributed by atoms with van der Waals surface area (Å²) in [5.41, 5.74) is 8.67. The van der Waals surface area contributed by atoms with Crippen molar-refractivity contribution in [3.63, 3.8) is 0 Å². The molecule has 1 amide bonds. The summed E-state index contributed by atoms with van der Waals surface area (Å²) in [6, 6.07) is 3.63. The van der Waals surface area contributed by atoms with E-state index in [1.54, 1.807) is 6.92 Å². The van der Waals surface area contributed by atoms with Gasteiger partial charge in [0.25, 0.3) is 0 Å². The number of ether oxygens (including phenoxy) is 1. The van der Waals surface area contributed by atoms with Gasteiger partial charge in [0.2, 0.25) is 5.91 Å². The minimum Gasteiger partial charge on any atom is -0.462 e. The van der Waals surface area contributed by atoms with Gasteiger partial charge in [-0.1, -0.05) is 5.11 Å². The maximum atomic E-state index is 13.4. The average Bonchev–Trinajstić information content (AvgIpc) is 2.86. The van der Waals surface area contributed by atoms with Crippen molar-refractivity contribution in [2.75, 3.05) is 24.6 Å². The molecule has 1 aromatic carbocycles. The summed E-state index contributed by atoms with van der Waals surface area (Å²) in [5, 5.41) is 3.47. The van der Waals surface area contributed by atoms with Crippen molar-refractivity contribution in [2.24, 2.45) is 11.0 Å². The molecule has 1 aromatic rings. The van der Waals surface area contributed by atoms with Crippen LogP contribution in [0.25, 0.3) is 10.4 Å². The normalized spacial score (nSPS) is 17.3. The van der Waals surface area contributed by atoms with Crippen molar-refractivity contribution in [3.05, 3.63) is 40.0 Å². The van der Waals surface area contributed by atoms with E-state index in [2.05, 4.69) is 10.0 Å². The minimum atomic E-state index is -0.678. The van der Waals surface area contributed by atoms with E-state index >= 15 is 0 Å². The smallest absolute Gasteiger partial charge is 0.340 e. The molecule has 2 rings (SSSR count). The van der Waals surface area contributed by atoms with Gasteiger partial charge in [-0.05, 0) is 36.6 Å². The fourth-order valence-corrected chi connectivity index (χ4v) is 2.40. The first-order valence-corrected chi connectivity index (χ1v) is 6.84. The molecule has 8 heteroatoms. The van der Waals surface area contributed by atoms with Crippen LogP contribution in [0.5, 0.6) is 0 Å². The van der Waals surface area contributed by atoms with Crippen LogP contribution in [-0.2, 0) is 9.53 Å². The molecule has 1 atom stereocenters. The Hall–Kier alpha value is -2.60. The van der Waals surface area contributed by atoms with Crippen molar-refractivity contribution < 1.29 is 18.7 Å². The van der Waals surface area contributed by atoms with Crippen LogP contribution in [0.1, 0.15) is 23.7 Å². The van der Waals surface area contributed by atoms with Crippen molar-refractivity contribution in [1.82, 2.24) is 0 Å². The van der Waals surface area contributed by atoms with Crippen LogP contribution in [0, 0.1) is 11.7 Å². The number of carbonyl (C=O) groups excluding carboxylic acids is 2. The van der Waals surface area contributed by atoms with Gasteiger partial charge in [-0.25, -0.2) is 9.18 Å². The lowest BCUT2D eigenvalue weighted by Gasteiger charge is -2.19. The van der Waals surface area contributed by atoms with Crippen LogP contribution >= 0.6 is 0 Å². The number of amides is 1. The van der Waals surface area contributed by atoms with Gasteiger partial charge in [0.05, 0.1) is 17.9 Å². The van der Waals surface area contributed by atoms with Crippen LogP contribution in [0.2, 0.25) is 0 Å². The number of hydrogen-bond acceptors (Lipinski definition) is 4. The topological polar surface area (TPSA) is 95.4 Å². The zero-order valence-electron chi connectivity index (χ0n) is 12.0. The Labute approximate surface area is 126 Å². The predicted octanol–water partition coefficient (Wildman–Crippen LogP) is 2.67. The Kier molecular flexibility index (Phi) is 4.95. The summed E-state index contributed by atoms with van der Waals surface area (Å²) in [5.74, 6) is -1.58. The molecule has 1 saturated heterocycles. The standard InChI is InChI=1S/C14H15FN4O3/c1-2-22-14(21)11-6-10(15)3-4-12(11)19-8-9(5-13(19)20)7-17-18-16/h3-4,6,9H,2,5,7-8H2,1H3. The Balaban J connectivity index is 2.30. The zero-order chi connectivity index (χ0) is 16.1. The van der Waals surface area contributed by atoms with E-state index in [-0.39, 0.29) is 37.0 Å². The number of carbonyl (C=O) groups is 2. The fraction of sp³-hybridized carbons (Fsp3) is 0.429. The first-order valence-electron chi connectivity index (χ1n) is 6.84. The molecule has 0 spiro atoms. The summed E-state index contributed by atoms with van der Waals surface area (Å²) >= 11 is 0. The van der Waals surface area contributed by atoms with E-state index in [0.29, 0.717) is 12.2 Å². The SMILES string of the molecule is CCOC(=O)c1cc(F)ccc1N1CC(CN=[N+]=[N-])CC1=O. The quantitative estimate of drug-likeness (QED) is 0.362. The third-order valence-corrected chi connectivity index (χ3v) is 3.35. The average molecular weight is 306 g/mol. The Morgan fingerprint density at radius 3 is 3.05 bits per heavy atom. The molecule has 0 saturated carbocycles. The molecule has 0 radical (unpaired) electrons. The zero-order valence-corrected chi connectivity index (χ0v) is 12.0. The molecule has 1 aliphatic heterocycles. The lowest BCUT2D eigenvalue weighted by Crippen LogP contribution is -2.27. The summed E-state index contributed by atoms with van der Waals surface area (Å²) < 4.78 is 18.3. The number of anilines is 1. The first-order chi connectivity index (χ1) is 10.6. The Bertz CT molecular complexity index is 643. The number of hydrogen-bond donors (Lipinski definition) is 0. The molecule has 0 aromatic heterocycles. The Morgan fingerprint density at radius 2 is 2.36 bits per heavy atom. The summed E-state index contributed by atoms with van der Waals surface area (Å²) in [4.78, 5) is 28.1. The molecule has 7 nitrogen and oxygen atoms in total. The second-order valence-electron chi connectivity index (χ2n) is 4.87. The molecule has 0 bridgehead atoms. The van der Waals surface area contributed by atoms with Gasteiger partial charge in [-0.15, -0.1) is 0 Å². The summed E-state index contributed by atoms with van der Waals surface area (Å²) in [6.07, 6.45) is 0.221. The van der Waals surface area contributed by atoms with Gasteiger partial charge in [0, 0.05) is 24.4 Å². The van der Waals surface area contributed by atoms with Crippen LogP contribution in [0.3, 0.4) is 0 Å². The second-order valence-corrected chi connectivity index (χ2v) is 4.87. The van der Waals surface area contributed by atoms with Crippen molar-refractivity contribution in [2.45, 2.75) is 13.3 Å². The highest BCUT2D eigenvalue weighted by Gasteiger charge is 2.32. The molecule has 1 unspecified atom stereocenters. The van der Waals surface area contributed by atoms with Crippen molar-refractivity contribution in [1.29, 1.82) is 0 Å². The van der Waals surface area contributed by atoms with E-state index in [1.807, 2.05) is 0 Å². The number of benzene rings is 1. The van der Waals surface area contributed by atoms with E-state index in [9.17, 15) is 14.0 Å². The predicted molar refractivity (Wildman–Crippen MR) is 76.8 cm³/mol. The lowest BCUT2D eigenvalue weighted by molar-refractivity contribution is -0.117. The molecule has 116 valence electrons. The molecule has 0 aliphatic carbocycles. The van der Waals surface area contributed by atoms with Gasteiger partial charge in [-0.2, -0.15) is 0 Å². The summed E-state index contributed by atoms with van der Waals surface area (Å²) in [6.45, 7) is 2.32. The second kappa shape index (κ2) is 6.91. The molecule has 1 aliphatic rings. The van der Waals surface area contributed by atoms with Crippen LogP contribution in [-0.4, -0.2) is 31.6 Å². The lowest BCUT2D eigenvalue weighted by atomic mass is 10.1. The van der Waals surface area contributed by atoms with Gasteiger partial charge >= 0.3 is 5.97 Å². The van der Waals surface area contributed by atoms with Gasteiger partial charge in [-0.3, -0.25) is 4.79 Å². The summed E-state index contributed by atoms with van der Waals surface area (Å²) in [7, 11) is 0. The van der Waals surface area contributed by atoms with Crippen molar-refractivity contribution >= 4 is 17.6 Å². The highest BCUT2D eigenvalue weighted by molar-refractivity contribution is 6.03. The van der Waals surface area contributed by atoms with E-state index in [1.165, 1.54) is 17.0 Å². The Morgan fingerprint density at radius 1 is 1.59 bits per heavy atom.